The summed E-state index contributed by atoms with van der Waals surface area (Å²) in [5.41, 5.74) is -1.32. The third-order valence-electron chi connectivity index (χ3n) is 1.97. The number of benzene rings is 1. The lowest BCUT2D eigenvalue weighted by Gasteiger charge is -2.12. The van der Waals surface area contributed by atoms with E-state index >= 15 is 0 Å². The Bertz CT molecular complexity index is 494. The van der Waals surface area contributed by atoms with Gasteiger partial charge < -0.3 is 10.1 Å². The van der Waals surface area contributed by atoms with Crippen LogP contribution in [0, 0.1) is 11.3 Å². The van der Waals surface area contributed by atoms with Gasteiger partial charge in [-0.1, -0.05) is 0 Å². The monoisotopic (exact) mass is 274 g/mol. The average molecular weight is 274 g/mol. The topological polar surface area (TPSA) is 45.0 Å². The number of nitrogens with zero attached hydrogens (tertiary/aromatic N) is 1. The largest absolute Gasteiger partial charge is 0.471 e. The van der Waals surface area contributed by atoms with Crippen LogP contribution in [0.15, 0.2) is 18.2 Å². The zero-order valence-electron chi connectivity index (χ0n) is 9.34. The summed E-state index contributed by atoms with van der Waals surface area (Å²) in [7, 11) is 0. The number of rotatable bonds is 2. The molecule has 1 aromatic carbocycles. The number of alkyl halides is 3. The summed E-state index contributed by atoms with van der Waals surface area (Å²) in [5, 5.41) is 11.1. The van der Waals surface area contributed by atoms with Crippen molar-refractivity contribution in [2.45, 2.75) is 13.1 Å². The number of ether oxygens (including phenoxy) is 1. The van der Waals surface area contributed by atoms with Gasteiger partial charge in [0.25, 0.3) is 5.17 Å². The minimum Gasteiger partial charge on any atom is -0.471 e. The predicted octanol–water partition coefficient (Wildman–Crippen LogP) is 3.31. The first-order chi connectivity index (χ1) is 8.38. The Balaban J connectivity index is 3.05. The van der Waals surface area contributed by atoms with Gasteiger partial charge in [-0.25, -0.2) is 0 Å². The fourth-order valence-electron chi connectivity index (χ4n) is 1.24. The van der Waals surface area contributed by atoms with Crippen LogP contribution in [0.5, 0.6) is 0 Å². The van der Waals surface area contributed by atoms with E-state index in [2.05, 4.69) is 5.32 Å². The van der Waals surface area contributed by atoms with Crippen molar-refractivity contribution in [1.29, 1.82) is 5.26 Å². The summed E-state index contributed by atoms with van der Waals surface area (Å²) >= 11 is 4.75. The van der Waals surface area contributed by atoms with Crippen LogP contribution in [-0.2, 0) is 10.9 Å². The van der Waals surface area contributed by atoms with Crippen molar-refractivity contribution in [1.82, 2.24) is 0 Å². The summed E-state index contributed by atoms with van der Waals surface area (Å²) in [6.45, 7) is 2.02. The zero-order valence-corrected chi connectivity index (χ0v) is 10.2. The van der Waals surface area contributed by atoms with Gasteiger partial charge in [0.1, 0.15) is 0 Å². The van der Waals surface area contributed by atoms with Gasteiger partial charge in [0.2, 0.25) is 0 Å². The molecule has 0 saturated carbocycles. The summed E-state index contributed by atoms with van der Waals surface area (Å²) in [5.74, 6) is 0. The highest BCUT2D eigenvalue weighted by Crippen LogP contribution is 2.33. The molecule has 1 aromatic rings. The van der Waals surface area contributed by atoms with E-state index in [1.54, 1.807) is 6.92 Å². The highest BCUT2D eigenvalue weighted by molar-refractivity contribution is 7.80. The Morgan fingerprint density at radius 2 is 2.17 bits per heavy atom. The lowest BCUT2D eigenvalue weighted by molar-refractivity contribution is -0.137. The van der Waals surface area contributed by atoms with E-state index < -0.39 is 17.3 Å². The molecule has 0 aliphatic rings. The quantitative estimate of drug-likeness (QED) is 0.840. The molecule has 0 bridgehead atoms. The minimum absolute atomic E-state index is 0.0182. The van der Waals surface area contributed by atoms with E-state index in [-0.39, 0.29) is 10.9 Å². The van der Waals surface area contributed by atoms with Gasteiger partial charge in [0.05, 0.1) is 23.8 Å². The Labute approximate surface area is 107 Å². The molecule has 0 fully saturated rings. The fraction of sp³-hybridized carbons (Fsp3) is 0.273. The van der Waals surface area contributed by atoms with Crippen molar-refractivity contribution in [3.8, 4) is 6.07 Å². The maximum atomic E-state index is 12.7. The molecule has 3 nitrogen and oxygen atoms in total. The first kappa shape index (κ1) is 14.3. The van der Waals surface area contributed by atoms with Crippen LogP contribution in [0.1, 0.15) is 18.1 Å². The molecule has 0 atom stereocenters. The molecule has 0 spiro atoms. The molecule has 0 heterocycles. The van der Waals surface area contributed by atoms with E-state index in [0.29, 0.717) is 6.61 Å². The van der Waals surface area contributed by atoms with Crippen molar-refractivity contribution in [2.75, 3.05) is 11.9 Å². The average Bonchev–Trinajstić information content (AvgIpc) is 2.28. The van der Waals surface area contributed by atoms with Crippen LogP contribution in [0.2, 0.25) is 0 Å². The van der Waals surface area contributed by atoms with Crippen molar-refractivity contribution in [3.05, 3.63) is 29.3 Å². The van der Waals surface area contributed by atoms with Crippen LogP contribution < -0.4 is 5.32 Å². The molecule has 96 valence electrons. The number of halogens is 3. The van der Waals surface area contributed by atoms with E-state index in [0.717, 1.165) is 12.1 Å². The van der Waals surface area contributed by atoms with Crippen LogP contribution in [0.25, 0.3) is 0 Å². The zero-order chi connectivity index (χ0) is 13.8. The maximum Gasteiger partial charge on any atom is 0.417 e. The first-order valence-electron chi connectivity index (χ1n) is 4.93. The third-order valence-corrected chi connectivity index (χ3v) is 2.19. The van der Waals surface area contributed by atoms with Gasteiger partial charge in [0.15, 0.2) is 0 Å². The van der Waals surface area contributed by atoms with E-state index in [1.165, 1.54) is 12.1 Å². The highest BCUT2D eigenvalue weighted by Gasteiger charge is 2.33. The van der Waals surface area contributed by atoms with Crippen LogP contribution in [0.3, 0.4) is 0 Å². The smallest absolute Gasteiger partial charge is 0.417 e. The molecular weight excluding hydrogens is 265 g/mol. The Morgan fingerprint density at radius 3 is 2.67 bits per heavy atom. The molecule has 1 N–H and O–H groups in total. The van der Waals surface area contributed by atoms with Crippen LogP contribution >= 0.6 is 12.2 Å². The van der Waals surface area contributed by atoms with Gasteiger partial charge in [-0.05, 0) is 37.3 Å². The minimum atomic E-state index is -4.59. The first-order valence-corrected chi connectivity index (χ1v) is 5.34. The van der Waals surface area contributed by atoms with Gasteiger partial charge in [-0.15, -0.1) is 0 Å². The van der Waals surface area contributed by atoms with E-state index in [9.17, 15) is 13.2 Å². The lowest BCUT2D eigenvalue weighted by atomic mass is 10.1. The number of nitriles is 1. The molecule has 0 saturated heterocycles. The molecule has 7 heteroatoms. The van der Waals surface area contributed by atoms with Crippen molar-refractivity contribution in [2.24, 2.45) is 0 Å². The summed E-state index contributed by atoms with van der Waals surface area (Å²) in [6, 6.07) is 4.73. The fourth-order valence-corrected chi connectivity index (χ4v) is 1.47. The van der Waals surface area contributed by atoms with Crippen LogP contribution in [0.4, 0.5) is 18.9 Å². The molecule has 0 aliphatic heterocycles. The second kappa shape index (κ2) is 5.69. The second-order valence-electron chi connectivity index (χ2n) is 3.22. The molecule has 18 heavy (non-hydrogen) atoms. The van der Waals surface area contributed by atoms with Gasteiger partial charge in [-0.3, -0.25) is 0 Å². The van der Waals surface area contributed by atoms with Crippen molar-refractivity contribution >= 4 is 23.1 Å². The molecule has 0 aliphatic carbocycles. The SMILES string of the molecule is CCOC(=S)Nc1ccc(C#N)c(C(F)(F)F)c1. The molecule has 0 radical (unpaired) electrons. The summed E-state index contributed by atoms with van der Waals surface area (Å²) in [6.07, 6.45) is -4.59. The van der Waals surface area contributed by atoms with Crippen molar-refractivity contribution in [3.63, 3.8) is 0 Å². The standard InChI is InChI=1S/C11H9F3N2OS/c1-2-17-10(18)16-8-4-3-7(6-15)9(5-8)11(12,13)14/h3-5H,2H2,1H3,(H,16,18). The van der Waals surface area contributed by atoms with Crippen LogP contribution in [-0.4, -0.2) is 11.8 Å². The normalized spacial score (nSPS) is 10.6. The number of anilines is 1. The summed E-state index contributed by atoms with van der Waals surface area (Å²) in [4.78, 5) is 0. The molecule has 0 amide bonds. The van der Waals surface area contributed by atoms with Gasteiger partial charge in [0, 0.05) is 5.69 Å². The van der Waals surface area contributed by atoms with Gasteiger partial charge in [-0.2, -0.15) is 18.4 Å². The van der Waals surface area contributed by atoms with E-state index in [1.807, 2.05) is 0 Å². The number of thiocarbonyl (C=S) groups is 1. The molecule has 0 unspecified atom stereocenters. The summed E-state index contributed by atoms with van der Waals surface area (Å²) < 4.78 is 42.9. The Kier molecular flexibility index (Phi) is 4.50. The maximum absolute atomic E-state index is 12.7. The molecule has 1 rings (SSSR count). The second-order valence-corrected chi connectivity index (χ2v) is 3.59. The molecule has 0 aromatic heterocycles. The Hall–Kier alpha value is -1.81. The lowest BCUT2D eigenvalue weighted by Crippen LogP contribution is -2.14. The Morgan fingerprint density at radius 1 is 1.50 bits per heavy atom. The number of hydrogen-bond donors (Lipinski definition) is 1. The number of nitrogens with one attached hydrogen (secondary N) is 1. The van der Waals surface area contributed by atoms with Gasteiger partial charge >= 0.3 is 6.18 Å². The molecular formula is C11H9F3N2OS. The van der Waals surface area contributed by atoms with E-state index in [4.69, 9.17) is 22.2 Å². The van der Waals surface area contributed by atoms with Crippen molar-refractivity contribution < 1.29 is 17.9 Å². The highest BCUT2D eigenvalue weighted by atomic mass is 32.1. The predicted molar refractivity (Wildman–Crippen MR) is 64.0 cm³/mol. The number of hydrogen-bond acceptors (Lipinski definition) is 3. The third kappa shape index (κ3) is 3.60.